The maximum absolute atomic E-state index is 8.90. The van der Waals surface area contributed by atoms with Gasteiger partial charge in [-0.15, -0.1) is 0 Å². The van der Waals surface area contributed by atoms with Gasteiger partial charge in [-0.1, -0.05) is 109 Å². The molecule has 0 bridgehead atoms. The van der Waals surface area contributed by atoms with Gasteiger partial charge in [0.2, 0.25) is 0 Å². The molecule has 0 heterocycles. The molecule has 0 aliphatic rings. The largest absolute Gasteiger partial charge is 0.228 e. The van der Waals surface area contributed by atoms with E-state index in [0.717, 1.165) is 44.5 Å². The number of thioether (sulfide) groups is 1. The smallest absolute Gasteiger partial charge is 0.133 e. The first-order valence-corrected chi connectivity index (χ1v) is 12.3. The number of rotatable bonds is 8. The van der Waals surface area contributed by atoms with Crippen molar-refractivity contribution in [3.05, 3.63) is 143 Å². The molecule has 4 aromatic carbocycles. The van der Waals surface area contributed by atoms with Gasteiger partial charge in [-0.3, -0.25) is 0 Å². The van der Waals surface area contributed by atoms with Crippen LogP contribution in [0, 0.1) is 10.7 Å². The Balaban J connectivity index is 1.93. The molecule has 4 rings (SSSR count). The summed E-state index contributed by atoms with van der Waals surface area (Å²) in [7, 11) is 0. The maximum atomic E-state index is 8.90. The van der Waals surface area contributed by atoms with Crippen molar-refractivity contribution in [3.8, 4) is 5.40 Å². The van der Waals surface area contributed by atoms with E-state index in [4.69, 9.17) is 17.5 Å². The zero-order valence-corrected chi connectivity index (χ0v) is 20.2. The topological polar surface area (TPSA) is 36.1 Å². The molecule has 0 saturated heterocycles. The molecule has 0 saturated carbocycles. The molecule has 2 nitrogen and oxygen atoms in total. The number of isothiocyanates is 1. The molecule has 0 aliphatic heterocycles. The summed E-state index contributed by atoms with van der Waals surface area (Å²) in [5.41, 5.74) is 9.10. The number of nitrogens with zero attached hydrogens (tertiary/aromatic N) is 2. The Morgan fingerprint density at radius 3 is 1.53 bits per heavy atom. The number of thiocarbonyl (C=S) groups is 1. The van der Waals surface area contributed by atoms with Crippen LogP contribution in [-0.2, 0) is 12.3 Å². The highest BCUT2D eigenvalue weighted by atomic mass is 32.2. The summed E-state index contributed by atoms with van der Waals surface area (Å²) in [6.45, 7) is 0.530. The monoisotopic (exact) mass is 474 g/mol. The van der Waals surface area contributed by atoms with Crippen molar-refractivity contribution in [2.45, 2.75) is 12.3 Å². The molecule has 164 valence electrons. The summed E-state index contributed by atoms with van der Waals surface area (Å²) in [6, 6.07) is 38.0. The van der Waals surface area contributed by atoms with Crippen LogP contribution in [0.4, 0.5) is 0 Å². The fraction of sp³-hybridized carbons (Fsp3) is 0.0667. The van der Waals surface area contributed by atoms with E-state index in [1.165, 1.54) is 11.8 Å². The van der Waals surface area contributed by atoms with E-state index in [1.54, 1.807) is 0 Å². The normalized spacial score (nSPS) is 11.1. The van der Waals surface area contributed by atoms with E-state index in [0.29, 0.717) is 12.3 Å². The minimum Gasteiger partial charge on any atom is -0.228 e. The van der Waals surface area contributed by atoms with Crippen LogP contribution in [0.25, 0.3) is 11.1 Å². The van der Waals surface area contributed by atoms with Crippen molar-refractivity contribution in [1.29, 1.82) is 5.26 Å². The highest BCUT2D eigenvalue weighted by Gasteiger charge is 2.16. The Kier molecular flexibility index (Phi) is 8.22. The second kappa shape index (κ2) is 11.9. The summed E-state index contributed by atoms with van der Waals surface area (Å²) in [5.74, 6) is 0.679. The van der Waals surface area contributed by atoms with Crippen LogP contribution in [0.15, 0.2) is 114 Å². The lowest BCUT2D eigenvalue weighted by molar-refractivity contribution is 1.08. The van der Waals surface area contributed by atoms with Crippen molar-refractivity contribution in [1.82, 2.24) is 0 Å². The van der Waals surface area contributed by atoms with Gasteiger partial charge < -0.3 is 0 Å². The molecule has 0 unspecified atom stereocenters. The third-order valence-corrected chi connectivity index (χ3v) is 6.23. The first-order valence-electron chi connectivity index (χ1n) is 10.9. The Morgan fingerprint density at radius 2 is 1.09 bits per heavy atom. The molecule has 0 radical (unpaired) electrons. The van der Waals surface area contributed by atoms with Crippen molar-refractivity contribution in [2.75, 3.05) is 0 Å². The van der Waals surface area contributed by atoms with E-state index < -0.39 is 0 Å². The molecule has 0 aromatic heterocycles. The molecule has 0 fully saturated rings. The number of nitriles is 1. The van der Waals surface area contributed by atoms with Gasteiger partial charge in [0, 0.05) is 5.75 Å². The van der Waals surface area contributed by atoms with Gasteiger partial charge in [0.05, 0.1) is 11.7 Å². The first kappa shape index (κ1) is 23.4. The van der Waals surface area contributed by atoms with Gasteiger partial charge >= 0.3 is 0 Å². The predicted octanol–water partition coefficient (Wildman–Crippen LogP) is 8.01. The lowest BCUT2D eigenvalue weighted by Gasteiger charge is -2.18. The fourth-order valence-electron chi connectivity index (χ4n) is 3.90. The summed E-state index contributed by atoms with van der Waals surface area (Å²) < 4.78 is 0. The van der Waals surface area contributed by atoms with Crippen molar-refractivity contribution in [2.24, 2.45) is 4.99 Å². The van der Waals surface area contributed by atoms with E-state index in [-0.39, 0.29) is 0 Å². The average Bonchev–Trinajstić information content (AvgIpc) is 2.91. The maximum Gasteiger partial charge on any atom is 0.133 e. The molecular weight excluding hydrogens is 452 g/mol. The van der Waals surface area contributed by atoms with Gasteiger partial charge in [0.25, 0.3) is 0 Å². The van der Waals surface area contributed by atoms with Crippen LogP contribution in [0.1, 0.15) is 33.4 Å². The second-order valence-corrected chi connectivity index (χ2v) is 8.61. The van der Waals surface area contributed by atoms with E-state index >= 15 is 0 Å². The van der Waals surface area contributed by atoms with Gasteiger partial charge in [-0.2, -0.15) is 5.26 Å². The van der Waals surface area contributed by atoms with Crippen LogP contribution < -0.4 is 0 Å². The summed E-state index contributed by atoms with van der Waals surface area (Å²) in [4.78, 5) is 4.07. The Labute approximate surface area is 210 Å². The van der Waals surface area contributed by atoms with Gasteiger partial charge in [-0.05, 0) is 68.5 Å². The third-order valence-electron chi connectivity index (χ3n) is 5.49. The number of hydrogen-bond donors (Lipinski definition) is 0. The van der Waals surface area contributed by atoms with Gasteiger partial charge in [-0.25, -0.2) is 4.99 Å². The molecule has 0 atom stereocenters. The predicted molar refractivity (Wildman–Crippen MR) is 146 cm³/mol. The molecule has 4 heteroatoms. The van der Waals surface area contributed by atoms with Crippen LogP contribution in [0.3, 0.4) is 0 Å². The Bertz CT molecular complexity index is 1350. The van der Waals surface area contributed by atoms with Crippen molar-refractivity contribution in [3.63, 3.8) is 0 Å². The quantitative estimate of drug-likeness (QED) is 0.112. The second-order valence-electron chi connectivity index (χ2n) is 7.66. The van der Waals surface area contributed by atoms with Gasteiger partial charge in [0.1, 0.15) is 5.40 Å². The third kappa shape index (κ3) is 5.78. The van der Waals surface area contributed by atoms with E-state index in [2.05, 4.69) is 113 Å². The van der Waals surface area contributed by atoms with Crippen LogP contribution in [0.5, 0.6) is 0 Å². The van der Waals surface area contributed by atoms with Crippen molar-refractivity contribution >= 4 is 40.3 Å². The van der Waals surface area contributed by atoms with E-state index in [9.17, 15) is 0 Å². The molecule has 0 N–H and O–H groups in total. The average molecular weight is 475 g/mol. The van der Waals surface area contributed by atoms with E-state index in [1.807, 2.05) is 12.1 Å². The summed E-state index contributed by atoms with van der Waals surface area (Å²) in [5, 5.41) is 13.5. The summed E-state index contributed by atoms with van der Waals surface area (Å²) >= 11 is 5.97. The Hall–Kier alpha value is -3.74. The molecular formula is C30H22N2S2. The molecule has 4 aromatic rings. The highest BCUT2D eigenvalue weighted by molar-refractivity contribution is 8.02. The van der Waals surface area contributed by atoms with Gasteiger partial charge in [0.15, 0.2) is 0 Å². The lowest BCUT2D eigenvalue weighted by Crippen LogP contribution is -1.98. The molecule has 34 heavy (non-hydrogen) atoms. The number of thiocyanates is 1. The number of aliphatic imine (C=N–C) groups is 1. The SMILES string of the molecule is N#CSCc1ccc(C(=C(c2ccccc2)c2ccc(CN=C=S)cc2)c2ccccc2)cc1. The van der Waals surface area contributed by atoms with Crippen LogP contribution >= 0.6 is 24.0 Å². The standard InChI is InChI=1S/C30H22N2S2/c31-21-34-20-24-13-17-28(18-14-24)30(26-9-5-2-6-10-26)29(25-7-3-1-4-8-25)27-15-11-23(12-16-27)19-32-22-33/h1-18H,19-20H2. The zero-order valence-electron chi connectivity index (χ0n) is 18.5. The zero-order chi connectivity index (χ0) is 23.6. The number of hydrogen-bond acceptors (Lipinski definition) is 4. The minimum absolute atomic E-state index is 0.530. The highest BCUT2D eigenvalue weighted by Crippen LogP contribution is 2.37. The van der Waals surface area contributed by atoms with Crippen molar-refractivity contribution < 1.29 is 0 Å². The van der Waals surface area contributed by atoms with Crippen LogP contribution in [0.2, 0.25) is 0 Å². The minimum atomic E-state index is 0.530. The van der Waals surface area contributed by atoms with Crippen LogP contribution in [-0.4, -0.2) is 5.16 Å². The fourth-order valence-corrected chi connectivity index (χ4v) is 4.39. The molecule has 0 amide bonds. The Morgan fingerprint density at radius 1 is 0.647 bits per heavy atom. The first-order chi connectivity index (χ1) is 16.8. The number of benzene rings is 4. The lowest BCUT2D eigenvalue weighted by atomic mass is 9.85. The molecule has 0 spiro atoms. The molecule has 0 aliphatic carbocycles. The summed E-state index contributed by atoms with van der Waals surface area (Å²) in [6.07, 6.45) is 0.